The van der Waals surface area contributed by atoms with E-state index in [0.717, 1.165) is 19.0 Å². The van der Waals surface area contributed by atoms with Crippen LogP contribution in [0, 0.1) is 6.92 Å². The van der Waals surface area contributed by atoms with Crippen LogP contribution in [0.15, 0.2) is 29.3 Å². The van der Waals surface area contributed by atoms with Crippen molar-refractivity contribution in [2.45, 2.75) is 20.4 Å². The van der Waals surface area contributed by atoms with Crippen molar-refractivity contribution in [1.29, 1.82) is 0 Å². The molecule has 1 aromatic rings. The molecule has 0 amide bonds. The zero-order valence-corrected chi connectivity index (χ0v) is 16.8. The van der Waals surface area contributed by atoms with Gasteiger partial charge in [0.2, 0.25) is 0 Å². The van der Waals surface area contributed by atoms with Crippen molar-refractivity contribution in [3.05, 3.63) is 35.4 Å². The zero-order chi connectivity index (χ0) is 15.9. The Morgan fingerprint density at radius 2 is 1.95 bits per heavy atom. The molecule has 1 N–H and O–H groups in total. The molecule has 0 unspecified atom stereocenters. The van der Waals surface area contributed by atoms with Gasteiger partial charge in [0.1, 0.15) is 9.84 Å². The number of nitrogens with zero attached hydrogens (tertiary/aromatic N) is 2. The van der Waals surface area contributed by atoms with Gasteiger partial charge >= 0.3 is 0 Å². The van der Waals surface area contributed by atoms with Crippen molar-refractivity contribution in [1.82, 2.24) is 10.2 Å². The molecule has 1 rings (SSSR count). The predicted molar refractivity (Wildman–Crippen MR) is 104 cm³/mol. The Morgan fingerprint density at radius 1 is 1.32 bits per heavy atom. The second-order valence-corrected chi connectivity index (χ2v) is 7.41. The first-order valence-electron chi connectivity index (χ1n) is 7.05. The third kappa shape index (κ3) is 7.98. The summed E-state index contributed by atoms with van der Waals surface area (Å²) in [5, 5.41) is 3.19. The average Bonchev–Trinajstić information content (AvgIpc) is 2.39. The third-order valence-electron chi connectivity index (χ3n) is 3.09. The van der Waals surface area contributed by atoms with Crippen molar-refractivity contribution in [3.8, 4) is 0 Å². The Balaban J connectivity index is 0.00000441. The summed E-state index contributed by atoms with van der Waals surface area (Å²) < 4.78 is 22.3. The molecule has 0 aliphatic heterocycles. The molecule has 0 heterocycles. The van der Waals surface area contributed by atoms with Crippen LogP contribution in [-0.4, -0.2) is 51.4 Å². The Labute approximate surface area is 151 Å². The molecule has 7 heteroatoms. The van der Waals surface area contributed by atoms with Crippen molar-refractivity contribution >= 4 is 39.8 Å². The Hall–Kier alpha value is -0.830. The van der Waals surface area contributed by atoms with Gasteiger partial charge in [-0.1, -0.05) is 24.3 Å². The van der Waals surface area contributed by atoms with Crippen LogP contribution >= 0.6 is 24.0 Å². The minimum Gasteiger partial charge on any atom is -0.357 e. The fourth-order valence-electron chi connectivity index (χ4n) is 1.90. The lowest BCUT2D eigenvalue weighted by Gasteiger charge is -2.23. The van der Waals surface area contributed by atoms with E-state index in [1.807, 2.05) is 31.0 Å². The van der Waals surface area contributed by atoms with Crippen LogP contribution in [0.1, 0.15) is 18.1 Å². The van der Waals surface area contributed by atoms with Crippen LogP contribution in [0.2, 0.25) is 0 Å². The minimum atomic E-state index is -2.98. The number of aliphatic imine (C=N–C) groups is 1. The second kappa shape index (κ2) is 10.0. The number of hydrogen-bond donors (Lipinski definition) is 1. The molecular formula is C15H26IN3O2S. The molecule has 0 aromatic heterocycles. The second-order valence-electron chi connectivity index (χ2n) is 5.15. The lowest BCUT2D eigenvalue weighted by atomic mass is 10.1. The number of rotatable bonds is 6. The summed E-state index contributed by atoms with van der Waals surface area (Å²) in [4.78, 5) is 6.38. The molecule has 1 aromatic carbocycles. The maximum atomic E-state index is 11.2. The van der Waals surface area contributed by atoms with Crippen LogP contribution in [0.5, 0.6) is 0 Å². The monoisotopic (exact) mass is 439 g/mol. The summed E-state index contributed by atoms with van der Waals surface area (Å²) in [6.45, 7) is 5.83. The van der Waals surface area contributed by atoms with Gasteiger partial charge in [0.05, 0.1) is 12.3 Å². The fraction of sp³-hybridized carbons (Fsp3) is 0.533. The largest absolute Gasteiger partial charge is 0.357 e. The van der Waals surface area contributed by atoms with Crippen molar-refractivity contribution in [2.75, 3.05) is 32.1 Å². The van der Waals surface area contributed by atoms with Gasteiger partial charge in [-0.25, -0.2) is 8.42 Å². The van der Waals surface area contributed by atoms with E-state index < -0.39 is 9.84 Å². The standard InChI is InChI=1S/C15H25N3O2S.HI/c1-5-16-15(17-10-11-21(4,19)20)18(3)12-14-9-7-6-8-13(14)2;/h6-9H,5,10-12H2,1-4H3,(H,16,17);1H. The van der Waals surface area contributed by atoms with E-state index in [4.69, 9.17) is 0 Å². The quantitative estimate of drug-likeness (QED) is 0.419. The summed E-state index contributed by atoms with van der Waals surface area (Å²) in [5.41, 5.74) is 2.46. The number of sulfone groups is 1. The van der Waals surface area contributed by atoms with E-state index >= 15 is 0 Å². The van der Waals surface area contributed by atoms with Crippen LogP contribution in [0.4, 0.5) is 0 Å². The van der Waals surface area contributed by atoms with Crippen LogP contribution in [-0.2, 0) is 16.4 Å². The molecular weight excluding hydrogens is 413 g/mol. The number of hydrogen-bond acceptors (Lipinski definition) is 3. The molecule has 5 nitrogen and oxygen atoms in total. The third-order valence-corrected chi connectivity index (χ3v) is 4.01. The van der Waals surface area contributed by atoms with Gasteiger partial charge in [-0.05, 0) is 25.0 Å². The highest BCUT2D eigenvalue weighted by atomic mass is 127. The van der Waals surface area contributed by atoms with Gasteiger partial charge in [-0.2, -0.15) is 0 Å². The van der Waals surface area contributed by atoms with Gasteiger partial charge in [0.15, 0.2) is 5.96 Å². The summed E-state index contributed by atoms with van der Waals surface area (Å²) >= 11 is 0. The molecule has 126 valence electrons. The normalized spacial score (nSPS) is 11.7. The molecule has 0 aliphatic carbocycles. The van der Waals surface area contributed by atoms with Gasteiger partial charge in [0, 0.05) is 26.4 Å². The lowest BCUT2D eigenvalue weighted by molar-refractivity contribution is 0.476. The predicted octanol–water partition coefficient (Wildman–Crippen LogP) is 2.05. The Bertz CT molecular complexity index is 588. The topological polar surface area (TPSA) is 61.8 Å². The molecule has 0 spiro atoms. The maximum absolute atomic E-state index is 11.2. The smallest absolute Gasteiger partial charge is 0.193 e. The van der Waals surface area contributed by atoms with Crippen LogP contribution in [0.3, 0.4) is 0 Å². The molecule has 0 saturated carbocycles. The first kappa shape index (κ1) is 21.2. The summed E-state index contributed by atoms with van der Waals surface area (Å²) in [6.07, 6.45) is 1.23. The average molecular weight is 439 g/mol. The summed E-state index contributed by atoms with van der Waals surface area (Å²) in [6, 6.07) is 8.21. The van der Waals surface area contributed by atoms with E-state index in [1.165, 1.54) is 17.4 Å². The van der Waals surface area contributed by atoms with Crippen LogP contribution in [0.25, 0.3) is 0 Å². The number of guanidine groups is 1. The molecule has 0 atom stereocenters. The van der Waals surface area contributed by atoms with E-state index in [9.17, 15) is 8.42 Å². The van der Waals surface area contributed by atoms with Crippen LogP contribution < -0.4 is 5.32 Å². The first-order chi connectivity index (χ1) is 9.83. The molecule has 0 radical (unpaired) electrons. The van der Waals surface area contributed by atoms with Gasteiger partial charge in [-0.3, -0.25) is 4.99 Å². The van der Waals surface area contributed by atoms with Gasteiger partial charge < -0.3 is 10.2 Å². The number of nitrogens with one attached hydrogen (secondary N) is 1. The van der Waals surface area contributed by atoms with E-state index in [0.29, 0.717) is 0 Å². The number of aryl methyl sites for hydroxylation is 1. The van der Waals surface area contributed by atoms with E-state index in [2.05, 4.69) is 29.4 Å². The number of benzene rings is 1. The number of halogens is 1. The molecule has 0 bridgehead atoms. The SMILES string of the molecule is CCNC(=NCCS(C)(=O)=O)N(C)Cc1ccccc1C.I. The Morgan fingerprint density at radius 3 is 2.50 bits per heavy atom. The highest BCUT2D eigenvalue weighted by Crippen LogP contribution is 2.09. The highest BCUT2D eigenvalue weighted by molar-refractivity contribution is 14.0. The Kier molecular flexibility index (Phi) is 9.66. The summed E-state index contributed by atoms with van der Waals surface area (Å²) in [5.74, 6) is 0.796. The summed E-state index contributed by atoms with van der Waals surface area (Å²) in [7, 11) is -1.03. The first-order valence-corrected chi connectivity index (χ1v) is 9.11. The van der Waals surface area contributed by atoms with Gasteiger partial charge in [-0.15, -0.1) is 24.0 Å². The van der Waals surface area contributed by atoms with Crippen molar-refractivity contribution < 1.29 is 8.42 Å². The molecule has 0 aliphatic rings. The minimum absolute atomic E-state index is 0. The van der Waals surface area contributed by atoms with Gasteiger partial charge in [0.25, 0.3) is 0 Å². The zero-order valence-electron chi connectivity index (χ0n) is 13.7. The highest BCUT2D eigenvalue weighted by Gasteiger charge is 2.08. The molecule has 22 heavy (non-hydrogen) atoms. The lowest BCUT2D eigenvalue weighted by Crippen LogP contribution is -2.39. The molecule has 0 saturated heterocycles. The van der Waals surface area contributed by atoms with Crippen molar-refractivity contribution in [3.63, 3.8) is 0 Å². The van der Waals surface area contributed by atoms with Crippen molar-refractivity contribution in [2.24, 2.45) is 4.99 Å². The maximum Gasteiger partial charge on any atom is 0.193 e. The van der Waals surface area contributed by atoms with E-state index in [1.54, 1.807) is 0 Å². The molecule has 0 fully saturated rings. The van der Waals surface area contributed by atoms with E-state index in [-0.39, 0.29) is 36.3 Å². The fourth-order valence-corrected chi connectivity index (χ4v) is 2.33.